The second-order valence-electron chi connectivity index (χ2n) is 9.68. The van der Waals surface area contributed by atoms with Gasteiger partial charge in [-0.25, -0.2) is 0 Å². The maximum absolute atomic E-state index is 13.6. The third-order valence-corrected chi connectivity index (χ3v) is 6.26. The van der Waals surface area contributed by atoms with Crippen molar-refractivity contribution in [3.63, 3.8) is 0 Å². The predicted molar refractivity (Wildman–Crippen MR) is 138 cm³/mol. The Morgan fingerprint density at radius 2 is 1.71 bits per heavy atom. The quantitative estimate of drug-likeness (QED) is 0.270. The number of nitrogens with zero attached hydrogens (tertiary/aromatic N) is 2. The van der Waals surface area contributed by atoms with E-state index in [9.17, 15) is 22.8 Å². The first kappa shape index (κ1) is 27.0. The highest BCUT2D eigenvalue weighted by Crippen LogP contribution is 2.29. The molecule has 2 amide bonds. The summed E-state index contributed by atoms with van der Waals surface area (Å²) in [7, 11) is 0. The maximum atomic E-state index is 13.6. The van der Waals surface area contributed by atoms with E-state index in [2.05, 4.69) is 4.98 Å². The molecule has 0 aliphatic carbocycles. The van der Waals surface area contributed by atoms with Crippen LogP contribution in [0.15, 0.2) is 77.5 Å². The minimum absolute atomic E-state index is 0.108. The van der Waals surface area contributed by atoms with Gasteiger partial charge >= 0.3 is 6.18 Å². The van der Waals surface area contributed by atoms with Gasteiger partial charge in [0.2, 0.25) is 5.91 Å². The van der Waals surface area contributed by atoms with Crippen molar-refractivity contribution in [1.29, 1.82) is 0 Å². The second-order valence-corrected chi connectivity index (χ2v) is 9.68. The Balaban J connectivity index is 1.55. The van der Waals surface area contributed by atoms with E-state index in [0.717, 1.165) is 28.6 Å². The Kier molecular flexibility index (Phi) is 8.24. The Morgan fingerprint density at radius 1 is 0.974 bits per heavy atom. The van der Waals surface area contributed by atoms with Crippen molar-refractivity contribution in [3.05, 3.63) is 95.6 Å². The van der Waals surface area contributed by atoms with Gasteiger partial charge < -0.3 is 19.2 Å². The first-order chi connectivity index (χ1) is 18.1. The normalized spacial score (nSPS) is 11.7. The molecule has 0 unspecified atom stereocenters. The molecule has 0 saturated carbocycles. The van der Waals surface area contributed by atoms with Gasteiger partial charge in [-0.3, -0.25) is 9.59 Å². The van der Waals surface area contributed by atoms with Gasteiger partial charge in [-0.2, -0.15) is 13.2 Å². The molecule has 2 aromatic carbocycles. The highest BCUT2D eigenvalue weighted by molar-refractivity contribution is 5.94. The van der Waals surface area contributed by atoms with Crippen LogP contribution in [0.5, 0.6) is 0 Å². The number of aromatic nitrogens is 1. The van der Waals surface area contributed by atoms with Crippen molar-refractivity contribution in [2.24, 2.45) is 5.92 Å². The molecule has 0 fully saturated rings. The van der Waals surface area contributed by atoms with Crippen LogP contribution in [0.1, 0.15) is 41.1 Å². The molecule has 4 aromatic rings. The summed E-state index contributed by atoms with van der Waals surface area (Å²) in [6.45, 7) is 4.51. The zero-order valence-corrected chi connectivity index (χ0v) is 21.3. The number of H-pyrrole nitrogens is 1. The van der Waals surface area contributed by atoms with E-state index in [1.807, 2.05) is 44.3 Å². The zero-order valence-electron chi connectivity index (χ0n) is 21.3. The summed E-state index contributed by atoms with van der Waals surface area (Å²) in [4.78, 5) is 32.9. The first-order valence-corrected chi connectivity index (χ1v) is 12.4. The third-order valence-electron chi connectivity index (χ3n) is 6.26. The molecule has 2 aromatic heterocycles. The van der Waals surface area contributed by atoms with Gasteiger partial charge in [0.25, 0.3) is 5.91 Å². The van der Waals surface area contributed by atoms with Crippen LogP contribution in [-0.2, 0) is 23.9 Å². The summed E-state index contributed by atoms with van der Waals surface area (Å²) < 4.78 is 44.4. The fourth-order valence-corrected chi connectivity index (χ4v) is 4.38. The van der Waals surface area contributed by atoms with Crippen LogP contribution in [0.2, 0.25) is 0 Å². The Bertz CT molecular complexity index is 1360. The van der Waals surface area contributed by atoms with E-state index < -0.39 is 11.7 Å². The highest BCUT2D eigenvalue weighted by atomic mass is 19.4. The van der Waals surface area contributed by atoms with E-state index in [4.69, 9.17) is 4.42 Å². The number of rotatable bonds is 10. The fourth-order valence-electron chi connectivity index (χ4n) is 4.38. The average molecular weight is 526 g/mol. The summed E-state index contributed by atoms with van der Waals surface area (Å²) in [5, 5.41) is 1.05. The van der Waals surface area contributed by atoms with Gasteiger partial charge in [-0.1, -0.05) is 44.2 Å². The summed E-state index contributed by atoms with van der Waals surface area (Å²) >= 11 is 0. The molecular formula is C29H30F3N3O3. The number of benzene rings is 2. The molecule has 0 radical (unpaired) electrons. The summed E-state index contributed by atoms with van der Waals surface area (Å²) in [5.41, 5.74) is 1.83. The summed E-state index contributed by atoms with van der Waals surface area (Å²) in [5.74, 6) is -0.434. The van der Waals surface area contributed by atoms with Gasteiger partial charge in [0.05, 0.1) is 11.8 Å². The molecule has 0 bridgehead atoms. The molecular weight excluding hydrogens is 495 g/mol. The SMILES string of the molecule is CC(C)CN(CC(=O)N(CCc1c[nH]c2ccccc12)Cc1ccc(C(F)(F)F)cc1)C(=O)c1ccco1. The lowest BCUT2D eigenvalue weighted by Crippen LogP contribution is -2.44. The molecule has 0 saturated heterocycles. The molecule has 0 aliphatic rings. The van der Waals surface area contributed by atoms with Crippen LogP contribution in [0.25, 0.3) is 10.9 Å². The van der Waals surface area contributed by atoms with Crippen LogP contribution in [0, 0.1) is 5.92 Å². The maximum Gasteiger partial charge on any atom is 0.416 e. The number of furan rings is 1. The largest absolute Gasteiger partial charge is 0.459 e. The number of nitrogens with one attached hydrogen (secondary N) is 1. The summed E-state index contributed by atoms with van der Waals surface area (Å²) in [6.07, 6.45) is -0.600. The van der Waals surface area contributed by atoms with Crippen molar-refractivity contribution >= 4 is 22.7 Å². The lowest BCUT2D eigenvalue weighted by atomic mass is 10.1. The monoisotopic (exact) mass is 525 g/mol. The minimum atomic E-state index is -4.44. The van der Waals surface area contributed by atoms with Crippen LogP contribution >= 0.6 is 0 Å². The lowest BCUT2D eigenvalue weighted by Gasteiger charge is -2.28. The van der Waals surface area contributed by atoms with E-state index in [0.29, 0.717) is 25.1 Å². The number of fused-ring (bicyclic) bond motifs is 1. The zero-order chi connectivity index (χ0) is 27.3. The smallest absolute Gasteiger partial charge is 0.416 e. The number of para-hydroxylation sites is 1. The number of alkyl halides is 3. The van der Waals surface area contributed by atoms with Gasteiger partial charge in [0, 0.05) is 36.7 Å². The third kappa shape index (κ3) is 6.65. The van der Waals surface area contributed by atoms with Gasteiger partial charge in [-0.15, -0.1) is 0 Å². The summed E-state index contributed by atoms with van der Waals surface area (Å²) in [6, 6.07) is 15.8. The van der Waals surface area contributed by atoms with Gasteiger partial charge in [0.1, 0.15) is 6.54 Å². The fraction of sp³-hybridized carbons (Fsp3) is 0.310. The molecule has 0 spiro atoms. The number of carbonyl (C=O) groups excluding carboxylic acids is 2. The molecule has 4 rings (SSSR count). The molecule has 0 aliphatic heterocycles. The van der Waals surface area contributed by atoms with Gasteiger partial charge in [0.15, 0.2) is 5.76 Å². The molecule has 200 valence electrons. The number of halogens is 3. The van der Waals surface area contributed by atoms with Crippen molar-refractivity contribution in [2.75, 3.05) is 19.6 Å². The standard InChI is InChI=1S/C29H30F3N3O3/c1-20(2)17-35(28(37)26-8-5-15-38-26)19-27(36)34(18-21-9-11-23(12-10-21)29(30,31)32)14-13-22-16-33-25-7-4-3-6-24(22)25/h3-12,15-16,20,33H,13-14,17-19H2,1-2H3. The molecule has 38 heavy (non-hydrogen) atoms. The van der Waals surface area contributed by atoms with E-state index in [1.54, 1.807) is 17.0 Å². The number of aromatic amines is 1. The van der Waals surface area contributed by atoms with Crippen LogP contribution in [-0.4, -0.2) is 46.2 Å². The van der Waals surface area contributed by atoms with E-state index in [-0.39, 0.29) is 36.6 Å². The predicted octanol–water partition coefficient (Wildman–Crippen LogP) is 6.15. The molecule has 1 N–H and O–H groups in total. The number of hydrogen-bond acceptors (Lipinski definition) is 3. The van der Waals surface area contributed by atoms with Crippen LogP contribution in [0.3, 0.4) is 0 Å². The lowest BCUT2D eigenvalue weighted by molar-refractivity contribution is -0.137. The topological polar surface area (TPSA) is 69.6 Å². The van der Waals surface area contributed by atoms with Crippen LogP contribution < -0.4 is 0 Å². The highest BCUT2D eigenvalue weighted by Gasteiger charge is 2.30. The molecule has 2 heterocycles. The molecule has 6 nitrogen and oxygen atoms in total. The van der Waals surface area contributed by atoms with E-state index in [1.165, 1.54) is 23.3 Å². The Hall–Kier alpha value is -4.01. The minimum Gasteiger partial charge on any atom is -0.459 e. The Morgan fingerprint density at radius 3 is 2.37 bits per heavy atom. The number of amides is 2. The van der Waals surface area contributed by atoms with Crippen molar-refractivity contribution in [1.82, 2.24) is 14.8 Å². The second kappa shape index (κ2) is 11.6. The van der Waals surface area contributed by atoms with E-state index >= 15 is 0 Å². The average Bonchev–Trinajstić information content (AvgIpc) is 3.56. The first-order valence-electron chi connectivity index (χ1n) is 12.4. The van der Waals surface area contributed by atoms with Crippen molar-refractivity contribution < 1.29 is 27.2 Å². The Labute approximate surface area is 219 Å². The number of carbonyl (C=O) groups is 2. The number of hydrogen-bond donors (Lipinski definition) is 1. The van der Waals surface area contributed by atoms with Crippen LogP contribution in [0.4, 0.5) is 13.2 Å². The van der Waals surface area contributed by atoms with Gasteiger partial charge in [-0.05, 0) is 53.8 Å². The van der Waals surface area contributed by atoms with Crippen molar-refractivity contribution in [2.45, 2.75) is 33.0 Å². The van der Waals surface area contributed by atoms with Crippen molar-refractivity contribution in [3.8, 4) is 0 Å². The molecule has 0 atom stereocenters. The molecule has 9 heteroatoms.